The summed E-state index contributed by atoms with van der Waals surface area (Å²) in [5.41, 5.74) is 0. The highest BCUT2D eigenvalue weighted by molar-refractivity contribution is 5.75. The number of quaternary nitrogens is 1. The first-order valence-corrected chi connectivity index (χ1v) is 2.47. The Morgan fingerprint density at radius 2 is 1.62 bits per heavy atom. The molecule has 0 unspecified atom stereocenters. The molecule has 0 aliphatic carbocycles. The first kappa shape index (κ1) is 11.0. The fraction of sp³-hybridized carbons (Fsp3) is 1.00. The van der Waals surface area contributed by atoms with Gasteiger partial charge in [0.2, 0.25) is 0 Å². The van der Waals surface area contributed by atoms with Gasteiger partial charge in [0.15, 0.2) is 0 Å². The molecule has 0 heterocycles. The number of hydrogen-bond donors (Lipinski definition) is 1. The third-order valence-corrected chi connectivity index (χ3v) is 0.771. The molecule has 0 aromatic heterocycles. The van der Waals surface area contributed by atoms with Gasteiger partial charge in [-0.15, -0.1) is 0 Å². The van der Waals surface area contributed by atoms with Crippen LogP contribution in [0, 0.1) is 0 Å². The van der Waals surface area contributed by atoms with E-state index in [1.807, 2.05) is 0 Å². The van der Waals surface area contributed by atoms with Crippen LogP contribution in [-0.4, -0.2) is 54.8 Å². The summed E-state index contributed by atoms with van der Waals surface area (Å²) in [5.74, 6) is 0. The van der Waals surface area contributed by atoms with E-state index in [4.69, 9.17) is 5.11 Å². The highest BCUT2D eigenvalue weighted by Crippen LogP contribution is 1.84. The van der Waals surface area contributed by atoms with Gasteiger partial charge in [0.05, 0.1) is 27.7 Å². The molecule has 0 saturated heterocycles. The van der Waals surface area contributed by atoms with E-state index in [1.165, 1.54) is 0 Å². The Morgan fingerprint density at radius 3 is 1.62 bits per heavy atom. The van der Waals surface area contributed by atoms with E-state index >= 15 is 0 Å². The van der Waals surface area contributed by atoms with Gasteiger partial charge in [-0.25, -0.2) is 0 Å². The van der Waals surface area contributed by atoms with Crippen LogP contribution in [0.4, 0.5) is 0 Å². The van der Waals surface area contributed by atoms with Crippen LogP contribution in [0.25, 0.3) is 0 Å². The van der Waals surface area contributed by atoms with E-state index in [0.717, 1.165) is 11.0 Å². The van der Waals surface area contributed by atoms with Gasteiger partial charge in [0.1, 0.15) is 6.54 Å². The molecule has 0 rings (SSSR count). The second kappa shape index (κ2) is 4.06. The van der Waals surface area contributed by atoms with Crippen molar-refractivity contribution in [3.05, 3.63) is 0 Å². The van der Waals surface area contributed by atoms with Crippen molar-refractivity contribution >= 4 is 11.0 Å². The number of aliphatic hydroxyl groups is 1. The fourth-order valence-corrected chi connectivity index (χ4v) is 0.300. The molecule has 0 fully saturated rings. The van der Waals surface area contributed by atoms with E-state index in [9.17, 15) is 0 Å². The van der Waals surface area contributed by atoms with Gasteiger partial charge in [-0.05, 0) is 11.0 Å². The van der Waals surface area contributed by atoms with Gasteiger partial charge in [-0.1, -0.05) is 0 Å². The largest absolute Gasteiger partial charge is 0.391 e. The maximum Gasteiger partial charge on any atom is 0.101 e. The average molecular weight is 136 g/mol. The minimum absolute atomic E-state index is 0. The Hall–Kier alpha value is 0.137. The molecule has 0 aromatic rings. The third-order valence-electron chi connectivity index (χ3n) is 0.771. The lowest BCUT2D eigenvalue weighted by Gasteiger charge is -2.21. The quantitative estimate of drug-likeness (QED) is 0.352. The van der Waals surface area contributed by atoms with Crippen LogP contribution >= 0.6 is 0 Å². The molecular formula is C5H18NOSi+. The van der Waals surface area contributed by atoms with E-state index < -0.39 is 0 Å². The summed E-state index contributed by atoms with van der Waals surface area (Å²) in [6.45, 7) is 1.11. The number of aliphatic hydroxyl groups excluding tert-OH is 1. The lowest BCUT2D eigenvalue weighted by molar-refractivity contribution is -0.870. The minimum atomic E-state index is 0. The summed E-state index contributed by atoms with van der Waals surface area (Å²) in [6.07, 6.45) is 0. The topological polar surface area (TPSA) is 20.2 Å². The molecule has 0 amide bonds. The summed E-state index contributed by atoms with van der Waals surface area (Å²) in [4.78, 5) is 0. The monoisotopic (exact) mass is 136 g/mol. The standard InChI is InChI=1S/C5H14NO.H4Si/c1-6(2,3)4-5-7;/h7H,4-5H2,1-3H3;1H4/q+1;. The lowest BCUT2D eigenvalue weighted by atomic mass is 10.5. The van der Waals surface area contributed by atoms with Crippen LogP contribution < -0.4 is 0 Å². The van der Waals surface area contributed by atoms with Gasteiger partial charge < -0.3 is 9.59 Å². The summed E-state index contributed by atoms with van der Waals surface area (Å²) in [5, 5.41) is 8.39. The normalized spacial score (nSPS) is 10.5. The van der Waals surface area contributed by atoms with Crippen LogP contribution in [0.1, 0.15) is 0 Å². The molecule has 52 valence electrons. The van der Waals surface area contributed by atoms with Crippen LogP contribution in [0.15, 0.2) is 0 Å². The van der Waals surface area contributed by atoms with Crippen LogP contribution in [0.2, 0.25) is 0 Å². The van der Waals surface area contributed by atoms with Gasteiger partial charge >= 0.3 is 0 Å². The first-order chi connectivity index (χ1) is 3.06. The maximum absolute atomic E-state index is 8.39. The van der Waals surface area contributed by atoms with Crippen LogP contribution in [0.5, 0.6) is 0 Å². The minimum Gasteiger partial charge on any atom is -0.391 e. The summed E-state index contributed by atoms with van der Waals surface area (Å²) < 4.78 is 0.844. The Balaban J connectivity index is 0. The van der Waals surface area contributed by atoms with Crippen molar-refractivity contribution in [2.75, 3.05) is 34.3 Å². The van der Waals surface area contributed by atoms with Crippen molar-refractivity contribution in [2.24, 2.45) is 0 Å². The van der Waals surface area contributed by atoms with E-state index in [1.54, 1.807) is 0 Å². The molecule has 1 N–H and O–H groups in total. The smallest absolute Gasteiger partial charge is 0.101 e. The zero-order valence-corrected chi connectivity index (χ0v) is 5.31. The number of nitrogens with zero attached hydrogens (tertiary/aromatic N) is 1. The first-order valence-electron chi connectivity index (χ1n) is 2.47. The molecule has 8 heavy (non-hydrogen) atoms. The van der Waals surface area contributed by atoms with Crippen molar-refractivity contribution in [3.63, 3.8) is 0 Å². The predicted octanol–water partition coefficient (Wildman–Crippen LogP) is -1.77. The number of likely N-dealkylation sites (N-methyl/N-ethyl adjacent to an activating group) is 1. The molecule has 2 nitrogen and oxygen atoms in total. The molecule has 0 bridgehead atoms. The molecule has 0 aliphatic heterocycles. The predicted molar refractivity (Wildman–Crippen MR) is 41.3 cm³/mol. The summed E-state index contributed by atoms with van der Waals surface area (Å²) in [7, 11) is 6.16. The third kappa shape index (κ3) is 9.46. The van der Waals surface area contributed by atoms with Gasteiger partial charge in [-0.3, -0.25) is 0 Å². The number of rotatable bonds is 2. The highest BCUT2D eigenvalue weighted by Gasteiger charge is 2.02. The zero-order valence-electron chi connectivity index (χ0n) is 5.31. The van der Waals surface area contributed by atoms with E-state index in [2.05, 4.69) is 21.1 Å². The Bertz CT molecular complexity index is 50.9. The van der Waals surface area contributed by atoms with Gasteiger partial charge in [0.25, 0.3) is 0 Å². The van der Waals surface area contributed by atoms with Crippen molar-refractivity contribution in [1.29, 1.82) is 0 Å². The van der Waals surface area contributed by atoms with Gasteiger partial charge in [-0.2, -0.15) is 0 Å². The summed E-state index contributed by atoms with van der Waals surface area (Å²) in [6, 6.07) is 0. The molecular weight excluding hydrogens is 118 g/mol. The Kier molecular flexibility index (Phi) is 5.58. The highest BCUT2D eigenvalue weighted by atomic mass is 28.1. The van der Waals surface area contributed by atoms with Crippen LogP contribution in [-0.2, 0) is 0 Å². The Labute approximate surface area is 55.7 Å². The zero-order chi connectivity index (χ0) is 5.91. The molecule has 0 radical (unpaired) electrons. The molecule has 0 spiro atoms. The van der Waals surface area contributed by atoms with E-state index in [0.29, 0.717) is 0 Å². The van der Waals surface area contributed by atoms with Crippen molar-refractivity contribution < 1.29 is 9.59 Å². The van der Waals surface area contributed by atoms with Gasteiger partial charge in [0, 0.05) is 0 Å². The van der Waals surface area contributed by atoms with E-state index in [-0.39, 0.29) is 17.6 Å². The molecule has 0 saturated carbocycles. The maximum atomic E-state index is 8.39. The van der Waals surface area contributed by atoms with Crippen molar-refractivity contribution in [1.82, 2.24) is 0 Å². The molecule has 0 aromatic carbocycles. The molecule has 3 heteroatoms. The van der Waals surface area contributed by atoms with Crippen molar-refractivity contribution in [2.45, 2.75) is 0 Å². The Morgan fingerprint density at radius 1 is 1.25 bits per heavy atom. The SMILES string of the molecule is C[N+](C)(C)CCO.[SiH4]. The lowest BCUT2D eigenvalue weighted by Crippen LogP contribution is -2.36. The fourth-order valence-electron chi connectivity index (χ4n) is 0.300. The number of hydrogen-bond acceptors (Lipinski definition) is 1. The summed E-state index contributed by atoms with van der Waals surface area (Å²) >= 11 is 0. The molecule has 0 atom stereocenters. The average Bonchev–Trinajstić information content (AvgIpc) is 1.30. The van der Waals surface area contributed by atoms with Crippen molar-refractivity contribution in [3.8, 4) is 0 Å². The molecule has 0 aliphatic rings. The van der Waals surface area contributed by atoms with Crippen LogP contribution in [0.3, 0.4) is 0 Å². The second-order valence-electron chi connectivity index (χ2n) is 2.74. The second-order valence-corrected chi connectivity index (χ2v) is 2.74.